The fraction of sp³-hybridized carbons (Fsp3) is 0.286. The third-order valence-corrected chi connectivity index (χ3v) is 1.76. The Kier molecular flexibility index (Phi) is 3.41. The van der Waals surface area contributed by atoms with E-state index in [0.717, 1.165) is 12.0 Å². The van der Waals surface area contributed by atoms with Crippen molar-refractivity contribution in [2.75, 3.05) is 0 Å². The molecule has 0 atom stereocenters. The molecule has 0 spiro atoms. The van der Waals surface area contributed by atoms with Crippen LogP contribution in [-0.2, 0) is 11.2 Å². The van der Waals surface area contributed by atoms with E-state index in [9.17, 15) is 4.79 Å². The Bertz CT molecular complexity index is 237. The van der Waals surface area contributed by atoms with Crippen LogP contribution in [0, 0.1) is 0 Å². The summed E-state index contributed by atoms with van der Waals surface area (Å²) in [6.45, 7) is 0. The van der Waals surface area contributed by atoms with E-state index in [1.165, 1.54) is 6.33 Å². The van der Waals surface area contributed by atoms with Gasteiger partial charge in [0.2, 0.25) is 0 Å². The summed E-state index contributed by atoms with van der Waals surface area (Å²) in [6.07, 6.45) is 6.24. The van der Waals surface area contributed by atoms with Crippen molar-refractivity contribution in [3.05, 3.63) is 24.3 Å². The largest absolute Gasteiger partial charge is 0.288 e. The van der Waals surface area contributed by atoms with Crippen LogP contribution in [-0.4, -0.2) is 13.8 Å². The number of nitrogens with zero attached hydrogens (tertiary/aromatic N) is 2. The lowest BCUT2D eigenvalue weighted by atomic mass is 10.2. The van der Waals surface area contributed by atoms with Gasteiger partial charge in [0.05, 0.1) is 0 Å². The predicted molar refractivity (Wildman–Crippen MR) is 49.4 cm³/mol. The van der Waals surface area contributed by atoms with E-state index in [4.69, 9.17) is 0 Å². The second kappa shape index (κ2) is 4.38. The highest BCUT2D eigenvalue weighted by Crippen LogP contribution is 2.01. The molecule has 58 valence electrons. The summed E-state index contributed by atoms with van der Waals surface area (Å²) in [5.74, 6) is 0. The zero-order chi connectivity index (χ0) is 8.10. The fourth-order valence-corrected chi connectivity index (χ4v) is 0.971. The molecule has 0 unspecified atom stereocenters. The molecule has 0 amide bonds. The third-order valence-electron chi connectivity index (χ3n) is 1.22. The molecule has 1 heterocycles. The van der Waals surface area contributed by atoms with Gasteiger partial charge in [-0.2, -0.15) is 0 Å². The van der Waals surface area contributed by atoms with Crippen molar-refractivity contribution in [2.24, 2.45) is 0 Å². The molecule has 0 saturated carbocycles. The first kappa shape index (κ1) is 8.58. The van der Waals surface area contributed by atoms with Gasteiger partial charge in [-0.15, -0.1) is 0 Å². The van der Waals surface area contributed by atoms with Gasteiger partial charge in [-0.1, -0.05) is 0 Å². The monoisotopic (exact) mass is 262 g/mol. The number of hydrogen-bond donors (Lipinski definition) is 0. The Hall–Kier alpha value is -0.520. The topological polar surface area (TPSA) is 42.9 Å². The van der Waals surface area contributed by atoms with Crippen LogP contribution in [0.5, 0.6) is 0 Å². The second-order valence-electron chi connectivity index (χ2n) is 2.10. The molecule has 1 rings (SSSR count). The number of aryl methyl sites for hydroxylation is 1. The average Bonchev–Trinajstić information content (AvgIpc) is 2.03. The Labute approximate surface area is 78.4 Å². The lowest BCUT2D eigenvalue weighted by Crippen LogP contribution is -1.92. The van der Waals surface area contributed by atoms with Crippen molar-refractivity contribution in [3.63, 3.8) is 0 Å². The molecule has 0 aliphatic heterocycles. The van der Waals surface area contributed by atoms with Crippen LogP contribution in [0.3, 0.4) is 0 Å². The number of carbonyl (C=O) groups is 1. The first-order chi connectivity index (χ1) is 5.29. The maximum absolute atomic E-state index is 10.6. The van der Waals surface area contributed by atoms with E-state index in [2.05, 4.69) is 9.97 Å². The maximum atomic E-state index is 10.6. The van der Waals surface area contributed by atoms with Crippen LogP contribution < -0.4 is 0 Å². The number of aromatic nitrogens is 2. The second-order valence-corrected chi connectivity index (χ2v) is 3.31. The molecule has 0 fully saturated rings. The summed E-state index contributed by atoms with van der Waals surface area (Å²) in [7, 11) is 0. The molecular weight excluding hydrogens is 255 g/mol. The molecule has 0 radical (unpaired) electrons. The van der Waals surface area contributed by atoms with Crippen LogP contribution in [0.25, 0.3) is 0 Å². The standard InChI is InChI=1S/C7H7IN2O/c8-7(11)2-1-6-3-9-5-10-4-6/h3-5H,1-2H2. The van der Waals surface area contributed by atoms with Gasteiger partial charge >= 0.3 is 0 Å². The quantitative estimate of drug-likeness (QED) is 0.610. The molecule has 1 aromatic heterocycles. The normalized spacial score (nSPS) is 9.55. The van der Waals surface area contributed by atoms with Gasteiger partial charge in [0.1, 0.15) is 6.33 Å². The minimum absolute atomic E-state index is 0.173. The van der Waals surface area contributed by atoms with E-state index in [1.807, 2.05) is 0 Å². The Balaban J connectivity index is 2.45. The van der Waals surface area contributed by atoms with Gasteiger partial charge in [-0.05, 0) is 34.6 Å². The van der Waals surface area contributed by atoms with E-state index >= 15 is 0 Å². The SMILES string of the molecule is O=C(I)CCc1cncnc1. The molecular formula is C7H7IN2O. The van der Waals surface area contributed by atoms with Gasteiger partial charge in [0.25, 0.3) is 0 Å². The van der Waals surface area contributed by atoms with Gasteiger partial charge < -0.3 is 0 Å². The van der Waals surface area contributed by atoms with E-state index < -0.39 is 0 Å². The maximum Gasteiger partial charge on any atom is 0.192 e. The van der Waals surface area contributed by atoms with E-state index in [0.29, 0.717) is 6.42 Å². The molecule has 0 aromatic carbocycles. The number of rotatable bonds is 3. The van der Waals surface area contributed by atoms with Crippen LogP contribution in [0.2, 0.25) is 0 Å². The summed E-state index contributed by atoms with van der Waals surface area (Å²) in [6, 6.07) is 0. The first-order valence-electron chi connectivity index (χ1n) is 3.21. The summed E-state index contributed by atoms with van der Waals surface area (Å²) < 4.78 is 0.173. The van der Waals surface area contributed by atoms with Crippen LogP contribution in [0.4, 0.5) is 0 Å². The molecule has 0 bridgehead atoms. The number of halogens is 1. The van der Waals surface area contributed by atoms with E-state index in [1.54, 1.807) is 35.0 Å². The highest BCUT2D eigenvalue weighted by atomic mass is 127. The molecule has 4 heteroatoms. The van der Waals surface area contributed by atoms with Gasteiger partial charge in [-0.3, -0.25) is 4.79 Å². The number of carbonyl (C=O) groups excluding carboxylic acids is 1. The highest BCUT2D eigenvalue weighted by molar-refractivity contribution is 14.1. The summed E-state index contributed by atoms with van der Waals surface area (Å²) in [4.78, 5) is 18.2. The molecule has 11 heavy (non-hydrogen) atoms. The predicted octanol–water partition coefficient (Wildman–Crippen LogP) is 1.37. The van der Waals surface area contributed by atoms with E-state index in [-0.39, 0.29) is 3.79 Å². The molecule has 1 aromatic rings. The fourth-order valence-electron chi connectivity index (χ4n) is 0.702. The van der Waals surface area contributed by atoms with Crippen LogP contribution in [0.1, 0.15) is 12.0 Å². The molecule has 3 nitrogen and oxygen atoms in total. The Morgan fingerprint density at radius 1 is 1.45 bits per heavy atom. The van der Waals surface area contributed by atoms with Gasteiger partial charge in [0, 0.05) is 18.8 Å². The van der Waals surface area contributed by atoms with Crippen molar-refractivity contribution < 1.29 is 4.79 Å². The third kappa shape index (κ3) is 3.41. The Morgan fingerprint density at radius 3 is 2.64 bits per heavy atom. The van der Waals surface area contributed by atoms with Gasteiger partial charge in [0.15, 0.2) is 3.79 Å². The van der Waals surface area contributed by atoms with Crippen LogP contribution >= 0.6 is 22.6 Å². The zero-order valence-corrected chi connectivity index (χ0v) is 7.98. The van der Waals surface area contributed by atoms with Crippen molar-refractivity contribution in [2.45, 2.75) is 12.8 Å². The summed E-state index contributed by atoms with van der Waals surface area (Å²) >= 11 is 1.79. The lowest BCUT2D eigenvalue weighted by Gasteiger charge is -1.94. The van der Waals surface area contributed by atoms with Crippen molar-refractivity contribution >= 4 is 26.4 Å². The van der Waals surface area contributed by atoms with Crippen molar-refractivity contribution in [1.82, 2.24) is 9.97 Å². The highest BCUT2D eigenvalue weighted by Gasteiger charge is 1.96. The van der Waals surface area contributed by atoms with Gasteiger partial charge in [-0.25, -0.2) is 9.97 Å². The first-order valence-corrected chi connectivity index (χ1v) is 4.29. The summed E-state index contributed by atoms with van der Waals surface area (Å²) in [5, 5.41) is 0. The van der Waals surface area contributed by atoms with Crippen LogP contribution in [0.15, 0.2) is 18.7 Å². The molecule has 0 aliphatic carbocycles. The molecule has 0 aliphatic rings. The van der Waals surface area contributed by atoms with Crippen molar-refractivity contribution in [1.29, 1.82) is 0 Å². The number of hydrogen-bond acceptors (Lipinski definition) is 3. The lowest BCUT2D eigenvalue weighted by molar-refractivity contribution is -0.109. The Morgan fingerprint density at radius 2 is 2.09 bits per heavy atom. The summed E-state index contributed by atoms with van der Waals surface area (Å²) in [5.41, 5.74) is 1.01. The van der Waals surface area contributed by atoms with Crippen molar-refractivity contribution in [3.8, 4) is 0 Å². The molecule has 0 saturated heterocycles. The average molecular weight is 262 g/mol. The smallest absolute Gasteiger partial charge is 0.192 e. The minimum atomic E-state index is 0.173. The molecule has 0 N–H and O–H groups in total. The zero-order valence-electron chi connectivity index (χ0n) is 5.83. The minimum Gasteiger partial charge on any atom is -0.288 e.